The van der Waals surface area contributed by atoms with Crippen LogP contribution in [0, 0.1) is 11.3 Å². The summed E-state index contributed by atoms with van der Waals surface area (Å²) in [6.07, 6.45) is 19.5. The molecule has 0 fully saturated rings. The monoisotopic (exact) mass is 248 g/mol. The van der Waals surface area contributed by atoms with Crippen molar-refractivity contribution >= 4 is 0 Å². The molecule has 18 heavy (non-hydrogen) atoms. The lowest BCUT2D eigenvalue weighted by molar-refractivity contribution is 0.253. The van der Waals surface area contributed by atoms with Crippen LogP contribution in [0.5, 0.6) is 0 Å². The molecule has 0 N–H and O–H groups in total. The van der Waals surface area contributed by atoms with Gasteiger partial charge in [0.1, 0.15) is 0 Å². The second-order valence-corrected chi connectivity index (χ2v) is 6.01. The lowest BCUT2D eigenvalue weighted by Crippen LogP contribution is -2.17. The molecule has 104 valence electrons. The van der Waals surface area contributed by atoms with Gasteiger partial charge in [-0.05, 0) is 50.4 Å². The summed E-state index contributed by atoms with van der Waals surface area (Å²) in [6, 6.07) is 0. The molecule has 0 heterocycles. The first-order chi connectivity index (χ1) is 8.50. The third-order valence-corrected chi connectivity index (χ3v) is 3.78. The van der Waals surface area contributed by atoms with E-state index in [9.17, 15) is 0 Å². The minimum Gasteiger partial charge on any atom is -0.0917 e. The second kappa shape index (κ2) is 10.2. The van der Waals surface area contributed by atoms with Crippen LogP contribution in [0.15, 0.2) is 36.5 Å². The maximum absolute atomic E-state index is 2.35. The minimum absolute atomic E-state index is 0.429. The molecule has 0 aromatic heterocycles. The summed E-state index contributed by atoms with van der Waals surface area (Å²) in [4.78, 5) is 0. The van der Waals surface area contributed by atoms with E-state index in [1.165, 1.54) is 32.1 Å². The third kappa shape index (κ3) is 9.27. The Morgan fingerprint density at radius 1 is 0.778 bits per heavy atom. The zero-order chi connectivity index (χ0) is 13.9. The summed E-state index contributed by atoms with van der Waals surface area (Å²) in [5, 5.41) is 0. The zero-order valence-electron chi connectivity index (χ0n) is 13.1. The molecular formula is C18H32. The summed E-state index contributed by atoms with van der Waals surface area (Å²) in [6.45, 7) is 11.4. The Morgan fingerprint density at radius 2 is 1.22 bits per heavy atom. The van der Waals surface area contributed by atoms with Crippen molar-refractivity contribution in [2.24, 2.45) is 11.3 Å². The van der Waals surface area contributed by atoms with Crippen molar-refractivity contribution < 1.29 is 0 Å². The Balaban J connectivity index is 3.60. The van der Waals surface area contributed by atoms with Crippen molar-refractivity contribution in [2.75, 3.05) is 0 Å². The Kier molecular flexibility index (Phi) is 9.73. The van der Waals surface area contributed by atoms with Gasteiger partial charge in [-0.1, -0.05) is 64.2 Å². The fourth-order valence-corrected chi connectivity index (χ4v) is 1.53. The van der Waals surface area contributed by atoms with Gasteiger partial charge in [0.2, 0.25) is 0 Å². The average Bonchev–Trinajstić information content (AvgIpc) is 2.31. The third-order valence-electron chi connectivity index (χ3n) is 3.78. The summed E-state index contributed by atoms with van der Waals surface area (Å²) in [5.74, 6) is 0.744. The molecule has 0 aliphatic heterocycles. The van der Waals surface area contributed by atoms with E-state index in [0.29, 0.717) is 5.41 Å². The summed E-state index contributed by atoms with van der Waals surface area (Å²) < 4.78 is 0. The molecule has 0 saturated carbocycles. The van der Waals surface area contributed by atoms with Crippen molar-refractivity contribution in [3.8, 4) is 0 Å². The van der Waals surface area contributed by atoms with E-state index in [1.54, 1.807) is 0 Å². The first-order valence-electron chi connectivity index (χ1n) is 7.42. The van der Waals surface area contributed by atoms with Gasteiger partial charge in [-0.25, -0.2) is 0 Å². The van der Waals surface area contributed by atoms with Gasteiger partial charge in [0.05, 0.1) is 0 Å². The molecule has 0 aromatic carbocycles. The highest BCUT2D eigenvalue weighted by Gasteiger charge is 2.19. The van der Waals surface area contributed by atoms with Crippen LogP contribution in [-0.2, 0) is 0 Å². The molecule has 0 aromatic rings. The first kappa shape index (κ1) is 17.2. The zero-order valence-corrected chi connectivity index (χ0v) is 13.1. The molecule has 0 aliphatic rings. The van der Waals surface area contributed by atoms with E-state index in [0.717, 1.165) is 5.92 Å². The van der Waals surface area contributed by atoms with Crippen molar-refractivity contribution in [3.63, 3.8) is 0 Å². The predicted octanol–water partition coefficient (Wildman–Crippen LogP) is 6.31. The van der Waals surface area contributed by atoms with Crippen LogP contribution in [0.4, 0.5) is 0 Å². The molecule has 0 aliphatic carbocycles. The maximum atomic E-state index is 2.35. The van der Waals surface area contributed by atoms with Crippen LogP contribution >= 0.6 is 0 Å². The molecule has 0 heteroatoms. The van der Waals surface area contributed by atoms with E-state index < -0.39 is 0 Å². The topological polar surface area (TPSA) is 0 Å². The van der Waals surface area contributed by atoms with E-state index in [2.05, 4.69) is 71.1 Å². The minimum atomic E-state index is 0.429. The number of hydrogen-bond acceptors (Lipinski definition) is 0. The van der Waals surface area contributed by atoms with Gasteiger partial charge in [-0.15, -0.1) is 0 Å². The Bertz CT molecular complexity index is 264. The predicted molar refractivity (Wildman–Crippen MR) is 84.8 cm³/mol. The molecule has 0 unspecified atom stereocenters. The highest BCUT2D eigenvalue weighted by molar-refractivity contribution is 4.92. The number of unbranched alkanes of at least 4 members (excludes halogenated alkanes) is 2. The maximum Gasteiger partial charge on any atom is -0.0297 e. The Labute approximate surface area is 115 Å². The molecule has 0 spiro atoms. The molecular weight excluding hydrogens is 216 g/mol. The summed E-state index contributed by atoms with van der Waals surface area (Å²) in [5.41, 5.74) is 0.429. The number of rotatable bonds is 9. The van der Waals surface area contributed by atoms with Crippen molar-refractivity contribution in [1.82, 2.24) is 0 Å². The number of allylic oxidation sites excluding steroid dienone is 6. The van der Waals surface area contributed by atoms with E-state index in [1.807, 2.05) is 0 Å². The van der Waals surface area contributed by atoms with Crippen LogP contribution in [0.3, 0.4) is 0 Å². The molecule has 0 saturated heterocycles. The fraction of sp³-hybridized carbons (Fsp3) is 0.667. The fourth-order valence-electron chi connectivity index (χ4n) is 1.53. The molecule has 0 radical (unpaired) electrons. The molecule has 0 rings (SSSR count). The summed E-state index contributed by atoms with van der Waals surface area (Å²) >= 11 is 0. The van der Waals surface area contributed by atoms with E-state index in [4.69, 9.17) is 0 Å². The quantitative estimate of drug-likeness (QED) is 0.331. The second-order valence-electron chi connectivity index (χ2n) is 6.01. The molecule has 0 bridgehead atoms. The van der Waals surface area contributed by atoms with E-state index >= 15 is 0 Å². The largest absolute Gasteiger partial charge is 0.0917 e. The highest BCUT2D eigenvalue weighted by atomic mass is 14.2. The van der Waals surface area contributed by atoms with Gasteiger partial charge in [0.15, 0.2) is 0 Å². The van der Waals surface area contributed by atoms with Crippen LogP contribution < -0.4 is 0 Å². The van der Waals surface area contributed by atoms with Gasteiger partial charge in [-0.2, -0.15) is 0 Å². The molecule has 0 atom stereocenters. The standard InChI is InChI=1S/C18H32/c1-6-7-8-9-10-11-12-13-14-15-16-18(4,5)17(2)3/h6-7,10-11,14-15,17H,8-9,12-13,16H2,1-5H3/b7-6+,11-10+,15-14+. The Hall–Kier alpha value is -0.780. The van der Waals surface area contributed by atoms with Crippen LogP contribution in [0.2, 0.25) is 0 Å². The normalized spacial score (nSPS) is 13.7. The first-order valence-corrected chi connectivity index (χ1v) is 7.42. The SMILES string of the molecule is C/C=C/CC/C=C/CC/C=C/CC(C)(C)C(C)C. The van der Waals surface area contributed by atoms with Gasteiger partial charge >= 0.3 is 0 Å². The van der Waals surface area contributed by atoms with Gasteiger partial charge in [0, 0.05) is 0 Å². The molecule has 0 nitrogen and oxygen atoms in total. The lowest BCUT2D eigenvalue weighted by Gasteiger charge is -2.27. The Morgan fingerprint density at radius 3 is 1.67 bits per heavy atom. The van der Waals surface area contributed by atoms with E-state index in [-0.39, 0.29) is 0 Å². The van der Waals surface area contributed by atoms with Gasteiger partial charge in [-0.3, -0.25) is 0 Å². The number of hydrogen-bond donors (Lipinski definition) is 0. The van der Waals surface area contributed by atoms with Crippen LogP contribution in [-0.4, -0.2) is 0 Å². The van der Waals surface area contributed by atoms with Gasteiger partial charge < -0.3 is 0 Å². The lowest BCUT2D eigenvalue weighted by atomic mass is 9.78. The summed E-state index contributed by atoms with van der Waals surface area (Å²) in [7, 11) is 0. The van der Waals surface area contributed by atoms with Crippen LogP contribution in [0.25, 0.3) is 0 Å². The van der Waals surface area contributed by atoms with Gasteiger partial charge in [0.25, 0.3) is 0 Å². The smallest absolute Gasteiger partial charge is 0.0297 e. The molecule has 0 amide bonds. The highest BCUT2D eigenvalue weighted by Crippen LogP contribution is 2.30. The van der Waals surface area contributed by atoms with Crippen molar-refractivity contribution in [2.45, 2.75) is 66.7 Å². The van der Waals surface area contributed by atoms with Crippen molar-refractivity contribution in [1.29, 1.82) is 0 Å². The van der Waals surface area contributed by atoms with Crippen molar-refractivity contribution in [3.05, 3.63) is 36.5 Å². The van der Waals surface area contributed by atoms with Crippen LogP contribution in [0.1, 0.15) is 66.7 Å². The average molecular weight is 248 g/mol.